The summed E-state index contributed by atoms with van der Waals surface area (Å²) in [4.78, 5) is 16.9. The Morgan fingerprint density at radius 3 is 2.62 bits per heavy atom. The van der Waals surface area contributed by atoms with Crippen molar-refractivity contribution in [3.63, 3.8) is 0 Å². The van der Waals surface area contributed by atoms with Crippen molar-refractivity contribution in [2.24, 2.45) is 0 Å². The van der Waals surface area contributed by atoms with E-state index in [0.29, 0.717) is 13.0 Å². The number of hydrogen-bond acceptors (Lipinski definition) is 4. The van der Waals surface area contributed by atoms with E-state index >= 15 is 0 Å². The van der Waals surface area contributed by atoms with Crippen molar-refractivity contribution in [1.82, 2.24) is 10.3 Å². The predicted octanol–water partition coefficient (Wildman–Crippen LogP) is 5.28. The minimum atomic E-state index is 0.0136. The SMILES string of the molecule is Cc1ccc(O)cc1Nc1ccnc2ccc(CC(=O)NCCCc3ccccc3)cc12. The molecule has 0 aliphatic rings. The number of aryl methyl sites for hydroxylation is 2. The number of carbonyl (C=O) groups excluding carboxylic acids is 1. The first-order valence-electron chi connectivity index (χ1n) is 10.8. The van der Waals surface area contributed by atoms with Gasteiger partial charge in [-0.05, 0) is 60.7 Å². The highest BCUT2D eigenvalue weighted by molar-refractivity contribution is 5.94. The molecule has 1 amide bonds. The summed E-state index contributed by atoms with van der Waals surface area (Å²) in [6, 6.07) is 23.3. The maximum absolute atomic E-state index is 12.4. The number of aromatic hydroxyl groups is 1. The molecule has 4 aromatic rings. The van der Waals surface area contributed by atoms with E-state index in [1.807, 2.05) is 55.5 Å². The second-order valence-electron chi connectivity index (χ2n) is 7.95. The van der Waals surface area contributed by atoms with Gasteiger partial charge in [0.05, 0.1) is 11.9 Å². The molecule has 0 radical (unpaired) electrons. The van der Waals surface area contributed by atoms with Gasteiger partial charge in [-0.1, -0.05) is 42.5 Å². The number of nitrogens with zero attached hydrogens (tertiary/aromatic N) is 1. The van der Waals surface area contributed by atoms with Crippen LogP contribution in [0.25, 0.3) is 10.9 Å². The highest BCUT2D eigenvalue weighted by Gasteiger charge is 2.09. The normalized spacial score (nSPS) is 10.8. The Balaban J connectivity index is 1.41. The number of benzene rings is 3. The quantitative estimate of drug-likeness (QED) is 0.336. The van der Waals surface area contributed by atoms with Crippen molar-refractivity contribution in [1.29, 1.82) is 0 Å². The average Bonchev–Trinajstić information content (AvgIpc) is 2.80. The lowest BCUT2D eigenvalue weighted by atomic mass is 10.1. The molecule has 4 rings (SSSR count). The van der Waals surface area contributed by atoms with Gasteiger partial charge in [-0.2, -0.15) is 0 Å². The van der Waals surface area contributed by atoms with Gasteiger partial charge in [0, 0.05) is 35.6 Å². The molecular formula is C27H27N3O2. The largest absolute Gasteiger partial charge is 0.508 e. The van der Waals surface area contributed by atoms with Crippen molar-refractivity contribution in [3.8, 4) is 5.75 Å². The molecule has 5 nitrogen and oxygen atoms in total. The van der Waals surface area contributed by atoms with Gasteiger partial charge in [0.25, 0.3) is 0 Å². The second-order valence-corrected chi connectivity index (χ2v) is 7.95. The molecule has 0 atom stereocenters. The van der Waals surface area contributed by atoms with Crippen molar-refractivity contribution in [2.45, 2.75) is 26.2 Å². The van der Waals surface area contributed by atoms with Crippen LogP contribution in [0.2, 0.25) is 0 Å². The summed E-state index contributed by atoms with van der Waals surface area (Å²) in [5.41, 5.74) is 5.80. The van der Waals surface area contributed by atoms with Gasteiger partial charge in [0.15, 0.2) is 0 Å². The third kappa shape index (κ3) is 5.43. The van der Waals surface area contributed by atoms with E-state index in [-0.39, 0.29) is 11.7 Å². The Morgan fingerprint density at radius 1 is 0.938 bits per heavy atom. The molecule has 0 fully saturated rings. The van der Waals surface area contributed by atoms with Gasteiger partial charge in [0.1, 0.15) is 5.75 Å². The molecule has 0 saturated heterocycles. The maximum Gasteiger partial charge on any atom is 0.224 e. The van der Waals surface area contributed by atoms with Crippen LogP contribution in [0.1, 0.15) is 23.1 Å². The lowest BCUT2D eigenvalue weighted by molar-refractivity contribution is -0.120. The number of phenols is 1. The summed E-state index contributed by atoms with van der Waals surface area (Å²) < 4.78 is 0. The van der Waals surface area contributed by atoms with Crippen LogP contribution in [0.3, 0.4) is 0 Å². The predicted molar refractivity (Wildman–Crippen MR) is 129 cm³/mol. The van der Waals surface area contributed by atoms with E-state index in [4.69, 9.17) is 0 Å². The summed E-state index contributed by atoms with van der Waals surface area (Å²) in [6.45, 7) is 2.64. The van der Waals surface area contributed by atoms with Gasteiger partial charge in [0.2, 0.25) is 5.91 Å². The van der Waals surface area contributed by atoms with Gasteiger partial charge < -0.3 is 15.7 Å². The molecular weight excluding hydrogens is 398 g/mol. The first kappa shape index (κ1) is 21.4. The minimum absolute atomic E-state index is 0.0136. The van der Waals surface area contributed by atoms with Gasteiger partial charge in [-0.25, -0.2) is 0 Å². The fraction of sp³-hybridized carbons (Fsp3) is 0.185. The zero-order valence-electron chi connectivity index (χ0n) is 18.1. The highest BCUT2D eigenvalue weighted by Crippen LogP contribution is 2.29. The molecule has 0 aliphatic carbocycles. The molecule has 0 unspecified atom stereocenters. The van der Waals surface area contributed by atoms with Gasteiger partial charge in [-0.15, -0.1) is 0 Å². The van der Waals surface area contributed by atoms with E-state index in [1.54, 1.807) is 18.3 Å². The summed E-state index contributed by atoms with van der Waals surface area (Å²) in [5.74, 6) is 0.223. The Morgan fingerprint density at radius 2 is 1.78 bits per heavy atom. The number of aromatic nitrogens is 1. The number of anilines is 2. The Kier molecular flexibility index (Phi) is 6.66. The third-order valence-electron chi connectivity index (χ3n) is 5.47. The zero-order chi connectivity index (χ0) is 22.3. The summed E-state index contributed by atoms with van der Waals surface area (Å²) in [7, 11) is 0. The minimum Gasteiger partial charge on any atom is -0.508 e. The Bertz CT molecular complexity index is 1220. The number of hydrogen-bond donors (Lipinski definition) is 3. The summed E-state index contributed by atoms with van der Waals surface area (Å²) >= 11 is 0. The van der Waals surface area contributed by atoms with E-state index in [0.717, 1.165) is 46.2 Å². The van der Waals surface area contributed by atoms with Crippen LogP contribution in [0, 0.1) is 6.92 Å². The molecule has 162 valence electrons. The molecule has 1 aromatic heterocycles. The third-order valence-corrected chi connectivity index (χ3v) is 5.47. The van der Waals surface area contributed by atoms with E-state index in [2.05, 4.69) is 27.8 Å². The van der Waals surface area contributed by atoms with Crippen LogP contribution in [-0.2, 0) is 17.6 Å². The zero-order valence-corrected chi connectivity index (χ0v) is 18.1. The molecule has 1 heterocycles. The Labute approximate surface area is 188 Å². The van der Waals surface area contributed by atoms with E-state index in [1.165, 1.54) is 5.56 Å². The van der Waals surface area contributed by atoms with Crippen molar-refractivity contribution in [3.05, 3.63) is 95.7 Å². The van der Waals surface area contributed by atoms with Gasteiger partial charge in [-0.3, -0.25) is 9.78 Å². The lowest BCUT2D eigenvalue weighted by Gasteiger charge is -2.13. The lowest BCUT2D eigenvalue weighted by Crippen LogP contribution is -2.26. The number of pyridine rings is 1. The molecule has 3 N–H and O–H groups in total. The maximum atomic E-state index is 12.4. The first-order chi connectivity index (χ1) is 15.6. The molecule has 0 bridgehead atoms. The molecule has 32 heavy (non-hydrogen) atoms. The monoisotopic (exact) mass is 425 g/mol. The average molecular weight is 426 g/mol. The number of carbonyl (C=O) groups is 1. The van der Waals surface area contributed by atoms with Crippen LogP contribution in [0.5, 0.6) is 5.75 Å². The molecule has 0 spiro atoms. The van der Waals surface area contributed by atoms with Crippen LogP contribution < -0.4 is 10.6 Å². The van der Waals surface area contributed by atoms with Crippen LogP contribution in [0.4, 0.5) is 11.4 Å². The van der Waals surface area contributed by atoms with E-state index < -0.39 is 0 Å². The number of nitrogens with one attached hydrogen (secondary N) is 2. The topological polar surface area (TPSA) is 74.2 Å². The smallest absolute Gasteiger partial charge is 0.224 e. The standard InChI is InChI=1S/C27H27N3O2/c1-19-9-11-22(31)18-26(19)30-25-13-15-28-24-12-10-21(16-23(24)25)17-27(32)29-14-5-8-20-6-3-2-4-7-20/h2-4,6-7,9-13,15-16,18,31H,5,8,14,17H2,1H3,(H,28,30)(H,29,32). The molecule has 0 aliphatic heterocycles. The second kappa shape index (κ2) is 9.96. The van der Waals surface area contributed by atoms with Crippen molar-refractivity contribution in [2.75, 3.05) is 11.9 Å². The number of fused-ring (bicyclic) bond motifs is 1. The molecule has 3 aromatic carbocycles. The van der Waals surface area contributed by atoms with Crippen LogP contribution in [-0.4, -0.2) is 22.5 Å². The number of rotatable bonds is 8. The fourth-order valence-corrected chi connectivity index (χ4v) is 3.71. The summed E-state index contributed by atoms with van der Waals surface area (Å²) in [5, 5.41) is 17.2. The van der Waals surface area contributed by atoms with Crippen LogP contribution >= 0.6 is 0 Å². The van der Waals surface area contributed by atoms with Crippen molar-refractivity contribution < 1.29 is 9.90 Å². The fourth-order valence-electron chi connectivity index (χ4n) is 3.71. The number of amides is 1. The first-order valence-corrected chi connectivity index (χ1v) is 10.8. The van der Waals surface area contributed by atoms with Gasteiger partial charge >= 0.3 is 0 Å². The summed E-state index contributed by atoms with van der Waals surface area (Å²) in [6.07, 6.45) is 3.93. The molecule has 5 heteroatoms. The molecule has 0 saturated carbocycles. The van der Waals surface area contributed by atoms with Crippen molar-refractivity contribution >= 4 is 28.2 Å². The van der Waals surface area contributed by atoms with Crippen LogP contribution in [0.15, 0.2) is 79.0 Å². The number of phenolic OH excluding ortho intramolecular Hbond substituents is 1. The Hall–Kier alpha value is -3.86. The highest BCUT2D eigenvalue weighted by atomic mass is 16.3. The van der Waals surface area contributed by atoms with E-state index in [9.17, 15) is 9.90 Å².